The van der Waals surface area contributed by atoms with Gasteiger partial charge in [0.15, 0.2) is 0 Å². The molecule has 0 bridgehead atoms. The van der Waals surface area contributed by atoms with Crippen molar-refractivity contribution in [3.05, 3.63) is 35.4 Å². The van der Waals surface area contributed by atoms with Gasteiger partial charge >= 0.3 is 6.18 Å². The molecule has 5 nitrogen and oxygen atoms in total. The van der Waals surface area contributed by atoms with E-state index in [4.69, 9.17) is 5.73 Å². The summed E-state index contributed by atoms with van der Waals surface area (Å²) in [4.78, 5) is 28.8. The predicted octanol–water partition coefficient (Wildman–Crippen LogP) is 3.18. The summed E-state index contributed by atoms with van der Waals surface area (Å²) in [6.45, 7) is 4.89. The summed E-state index contributed by atoms with van der Waals surface area (Å²) in [5, 5.41) is 0. The number of likely N-dealkylation sites (tertiary alicyclic amines) is 2. The number of rotatable bonds is 3. The summed E-state index contributed by atoms with van der Waals surface area (Å²) >= 11 is 0. The summed E-state index contributed by atoms with van der Waals surface area (Å²) < 4.78 is 38.0. The van der Waals surface area contributed by atoms with Crippen molar-refractivity contribution in [1.29, 1.82) is 0 Å². The zero-order chi connectivity index (χ0) is 20.5. The Bertz CT molecular complexity index is 733. The second kappa shape index (κ2) is 8.92. The van der Waals surface area contributed by atoms with Crippen molar-refractivity contribution >= 4 is 24.2 Å². The molecule has 1 unspecified atom stereocenters. The number of alkyl halides is 3. The molecular formula is C20H27ClF3N3O2. The molecule has 0 radical (unpaired) electrons. The molecule has 2 aliphatic rings. The maximum Gasteiger partial charge on any atom is 0.416 e. The Labute approximate surface area is 174 Å². The van der Waals surface area contributed by atoms with Gasteiger partial charge in [0.05, 0.1) is 5.56 Å². The molecule has 2 heterocycles. The molecule has 0 aliphatic carbocycles. The number of carbonyl (C=O) groups excluding carboxylic acids is 2. The van der Waals surface area contributed by atoms with E-state index in [0.29, 0.717) is 39.0 Å². The van der Waals surface area contributed by atoms with Gasteiger partial charge in [-0.2, -0.15) is 13.2 Å². The summed E-state index contributed by atoms with van der Waals surface area (Å²) in [5.74, 6) is -0.285. The van der Waals surface area contributed by atoms with E-state index in [1.165, 1.54) is 12.1 Å². The van der Waals surface area contributed by atoms with Crippen LogP contribution in [0.1, 0.15) is 42.1 Å². The van der Waals surface area contributed by atoms with Crippen molar-refractivity contribution in [2.24, 2.45) is 17.1 Å². The summed E-state index contributed by atoms with van der Waals surface area (Å²) in [6, 6.07) is 4.26. The molecule has 1 aromatic rings. The van der Waals surface area contributed by atoms with Crippen molar-refractivity contribution < 1.29 is 22.8 Å². The maximum atomic E-state index is 12.8. The van der Waals surface area contributed by atoms with Gasteiger partial charge in [0, 0.05) is 37.7 Å². The third-order valence-corrected chi connectivity index (χ3v) is 5.95. The van der Waals surface area contributed by atoms with Gasteiger partial charge in [0.25, 0.3) is 5.91 Å². The second-order valence-corrected chi connectivity index (χ2v) is 8.17. The first-order valence-electron chi connectivity index (χ1n) is 9.58. The topological polar surface area (TPSA) is 66.6 Å². The van der Waals surface area contributed by atoms with Crippen molar-refractivity contribution in [3.63, 3.8) is 0 Å². The predicted molar refractivity (Wildman–Crippen MR) is 106 cm³/mol. The Balaban J connectivity index is 0.00000300. The average molecular weight is 434 g/mol. The Morgan fingerprint density at radius 2 is 1.69 bits per heavy atom. The second-order valence-electron chi connectivity index (χ2n) is 8.17. The lowest BCUT2D eigenvalue weighted by Gasteiger charge is -2.33. The zero-order valence-corrected chi connectivity index (χ0v) is 17.2. The lowest BCUT2D eigenvalue weighted by molar-refractivity contribution is -0.137. The number of hydrogen-bond donors (Lipinski definition) is 1. The van der Waals surface area contributed by atoms with Crippen LogP contribution >= 0.6 is 12.4 Å². The van der Waals surface area contributed by atoms with Crippen LogP contribution in [0.4, 0.5) is 13.2 Å². The van der Waals surface area contributed by atoms with Gasteiger partial charge in [0.1, 0.15) is 0 Å². The highest BCUT2D eigenvalue weighted by Crippen LogP contribution is 2.32. The molecule has 0 saturated carbocycles. The molecule has 1 atom stereocenters. The Kier molecular flexibility index (Phi) is 7.22. The van der Waals surface area contributed by atoms with Crippen LogP contribution in [0.3, 0.4) is 0 Å². The first kappa shape index (κ1) is 23.5. The van der Waals surface area contributed by atoms with E-state index < -0.39 is 11.7 Å². The van der Waals surface area contributed by atoms with Gasteiger partial charge in [-0.05, 0) is 55.5 Å². The molecule has 2 amide bonds. The fourth-order valence-corrected chi connectivity index (χ4v) is 3.95. The SMILES string of the molecule is CC1(CN)CCN(C(=O)C2CCN(C(=O)c3ccc(C(F)(F)F)cc3)CC2)C1.Cl. The summed E-state index contributed by atoms with van der Waals surface area (Å²) in [6.07, 6.45) is -2.38. The van der Waals surface area contributed by atoms with Crippen LogP contribution in [0.5, 0.6) is 0 Å². The van der Waals surface area contributed by atoms with Gasteiger partial charge < -0.3 is 15.5 Å². The van der Waals surface area contributed by atoms with E-state index >= 15 is 0 Å². The molecule has 2 fully saturated rings. The fraction of sp³-hybridized carbons (Fsp3) is 0.600. The third kappa shape index (κ3) is 5.22. The fourth-order valence-electron chi connectivity index (χ4n) is 3.95. The number of carbonyl (C=O) groups is 2. The zero-order valence-electron chi connectivity index (χ0n) is 16.4. The molecular weight excluding hydrogens is 407 g/mol. The lowest BCUT2D eigenvalue weighted by Crippen LogP contribution is -2.44. The highest BCUT2D eigenvalue weighted by atomic mass is 35.5. The normalized spacial score (nSPS) is 23.1. The molecule has 29 heavy (non-hydrogen) atoms. The van der Waals surface area contributed by atoms with E-state index in [-0.39, 0.29) is 41.1 Å². The summed E-state index contributed by atoms with van der Waals surface area (Å²) in [5.41, 5.74) is 5.24. The molecule has 0 spiro atoms. The molecule has 1 aromatic carbocycles. The molecule has 9 heteroatoms. The minimum absolute atomic E-state index is 0. The smallest absolute Gasteiger partial charge is 0.342 e. The van der Waals surface area contributed by atoms with Gasteiger partial charge in [-0.1, -0.05) is 6.92 Å². The van der Waals surface area contributed by atoms with E-state index in [0.717, 1.165) is 25.1 Å². The van der Waals surface area contributed by atoms with E-state index in [1.807, 2.05) is 4.90 Å². The average Bonchev–Trinajstić information content (AvgIpc) is 3.09. The van der Waals surface area contributed by atoms with Gasteiger partial charge in [-0.25, -0.2) is 0 Å². The standard InChI is InChI=1S/C20H26F3N3O2.ClH/c1-19(12-24)8-11-26(13-19)18(28)15-6-9-25(10-7-15)17(27)14-2-4-16(5-3-14)20(21,22)23;/h2-5,15H,6-13,24H2,1H3;1H. The highest BCUT2D eigenvalue weighted by Gasteiger charge is 2.38. The third-order valence-electron chi connectivity index (χ3n) is 5.95. The van der Waals surface area contributed by atoms with Crippen molar-refractivity contribution in [1.82, 2.24) is 9.80 Å². The molecule has 2 N–H and O–H groups in total. The van der Waals surface area contributed by atoms with Crippen LogP contribution in [0.25, 0.3) is 0 Å². The number of piperidine rings is 1. The quantitative estimate of drug-likeness (QED) is 0.796. The minimum Gasteiger partial charge on any atom is -0.342 e. The highest BCUT2D eigenvalue weighted by molar-refractivity contribution is 5.94. The number of nitrogens with two attached hydrogens (primary N) is 1. The molecule has 162 valence electrons. The van der Waals surface area contributed by atoms with E-state index in [9.17, 15) is 22.8 Å². The summed E-state index contributed by atoms with van der Waals surface area (Å²) in [7, 11) is 0. The number of amides is 2. The van der Waals surface area contributed by atoms with Crippen LogP contribution in [0.15, 0.2) is 24.3 Å². The lowest BCUT2D eigenvalue weighted by atomic mass is 9.90. The van der Waals surface area contributed by atoms with Gasteiger partial charge in [-0.3, -0.25) is 9.59 Å². The number of halogens is 4. The molecule has 0 aromatic heterocycles. The molecule has 2 saturated heterocycles. The maximum absolute atomic E-state index is 12.8. The molecule has 3 rings (SSSR count). The number of benzene rings is 1. The van der Waals surface area contributed by atoms with Crippen molar-refractivity contribution in [2.75, 3.05) is 32.7 Å². The van der Waals surface area contributed by atoms with Crippen LogP contribution in [-0.2, 0) is 11.0 Å². The Morgan fingerprint density at radius 3 is 2.17 bits per heavy atom. The van der Waals surface area contributed by atoms with Gasteiger partial charge in [0.2, 0.25) is 5.91 Å². The van der Waals surface area contributed by atoms with Crippen LogP contribution in [0, 0.1) is 11.3 Å². The van der Waals surface area contributed by atoms with Crippen LogP contribution in [0.2, 0.25) is 0 Å². The van der Waals surface area contributed by atoms with E-state index in [1.54, 1.807) is 4.90 Å². The molecule has 2 aliphatic heterocycles. The first-order chi connectivity index (χ1) is 13.1. The first-order valence-corrected chi connectivity index (χ1v) is 9.58. The monoisotopic (exact) mass is 433 g/mol. The number of nitrogens with zero attached hydrogens (tertiary/aromatic N) is 2. The largest absolute Gasteiger partial charge is 0.416 e. The Hall–Kier alpha value is -1.80. The van der Waals surface area contributed by atoms with Crippen molar-refractivity contribution in [3.8, 4) is 0 Å². The van der Waals surface area contributed by atoms with Crippen LogP contribution in [-0.4, -0.2) is 54.3 Å². The van der Waals surface area contributed by atoms with E-state index in [2.05, 4.69) is 6.92 Å². The van der Waals surface area contributed by atoms with Gasteiger partial charge in [-0.15, -0.1) is 12.4 Å². The number of hydrogen-bond acceptors (Lipinski definition) is 3. The van der Waals surface area contributed by atoms with Crippen molar-refractivity contribution in [2.45, 2.75) is 32.4 Å². The Morgan fingerprint density at radius 1 is 1.10 bits per heavy atom. The minimum atomic E-state index is -4.42. The van der Waals surface area contributed by atoms with Crippen LogP contribution < -0.4 is 5.73 Å².